The minimum absolute atomic E-state index is 0.0431. The number of amides is 1. The van der Waals surface area contributed by atoms with Crippen LogP contribution in [0.4, 0.5) is 14.6 Å². The average molecular weight is 553 g/mol. The van der Waals surface area contributed by atoms with Gasteiger partial charge in [0.1, 0.15) is 12.1 Å². The first-order valence-electron chi connectivity index (χ1n) is 13.6. The van der Waals surface area contributed by atoms with Gasteiger partial charge in [0.25, 0.3) is 5.76 Å². The predicted octanol–water partition coefficient (Wildman–Crippen LogP) is 7.26. The van der Waals surface area contributed by atoms with Crippen LogP contribution in [-0.2, 0) is 22.4 Å². The number of nitrogens with zero attached hydrogens (tertiary/aromatic N) is 2. The Labute approximate surface area is 231 Å². The van der Waals surface area contributed by atoms with Gasteiger partial charge in [-0.05, 0) is 63.4 Å². The van der Waals surface area contributed by atoms with E-state index < -0.39 is 5.76 Å². The normalized spacial score (nSPS) is 16.7. The number of rotatable bonds is 11. The molecule has 0 spiro atoms. The molecular weight excluding hydrogens is 506 g/mol. The number of carbonyl (C=O) groups is 2. The van der Waals surface area contributed by atoms with Crippen LogP contribution in [0.3, 0.4) is 0 Å². The number of aromatic nitrogens is 2. The molecule has 1 heterocycles. The highest BCUT2D eigenvalue weighted by molar-refractivity contribution is 7.98. The summed E-state index contributed by atoms with van der Waals surface area (Å²) >= 11 is 0.546. The molecule has 6 nitrogen and oxygen atoms in total. The highest BCUT2D eigenvalue weighted by Crippen LogP contribution is 2.36. The second-order valence-electron chi connectivity index (χ2n) is 9.88. The van der Waals surface area contributed by atoms with Crippen molar-refractivity contribution in [3.05, 3.63) is 40.5 Å². The van der Waals surface area contributed by atoms with Crippen molar-refractivity contribution >= 4 is 29.3 Å². The monoisotopic (exact) mass is 552 g/mol. The zero-order chi connectivity index (χ0) is 28.9. The second kappa shape index (κ2) is 16.6. The summed E-state index contributed by atoms with van der Waals surface area (Å²) in [5.74, 6) is -1.27. The molecule has 1 aromatic heterocycles. The van der Waals surface area contributed by atoms with E-state index in [2.05, 4.69) is 48.3 Å². The summed E-state index contributed by atoms with van der Waals surface area (Å²) in [5, 5.41) is 6.61. The van der Waals surface area contributed by atoms with Crippen LogP contribution in [0, 0.1) is 5.92 Å². The van der Waals surface area contributed by atoms with Crippen molar-refractivity contribution in [2.75, 3.05) is 11.6 Å². The molecule has 1 aliphatic carbocycles. The van der Waals surface area contributed by atoms with Gasteiger partial charge >= 0.3 is 0 Å². The molecule has 0 saturated heterocycles. The molecule has 9 heteroatoms. The molecule has 38 heavy (non-hydrogen) atoms. The van der Waals surface area contributed by atoms with E-state index in [1.165, 1.54) is 25.9 Å². The number of alkyl halides is 2. The Hall–Kier alpha value is -2.29. The largest absolute Gasteiger partial charge is 0.347 e. The summed E-state index contributed by atoms with van der Waals surface area (Å²) in [6.45, 7) is 13.8. The molecule has 2 N–H and O–H groups in total. The van der Waals surface area contributed by atoms with Gasteiger partial charge < -0.3 is 10.6 Å². The maximum Gasteiger partial charge on any atom is 0.284 e. The first-order valence-corrected chi connectivity index (χ1v) is 14.9. The highest BCUT2D eigenvalue weighted by Gasteiger charge is 2.38. The SMILES string of the molecule is CCc1ncnc(N/C(=C/C(C)=C(\C)C(=O)NC2(C(C)CC)CCCCC2)C(C)=O)c1CC.CSC(F)F. The van der Waals surface area contributed by atoms with E-state index in [9.17, 15) is 18.4 Å². The van der Waals surface area contributed by atoms with Gasteiger partial charge in [-0.25, -0.2) is 9.97 Å². The van der Waals surface area contributed by atoms with Crippen molar-refractivity contribution in [3.8, 4) is 0 Å². The number of hydrogen-bond acceptors (Lipinski definition) is 6. The minimum Gasteiger partial charge on any atom is -0.347 e. The van der Waals surface area contributed by atoms with E-state index in [-0.39, 0.29) is 17.2 Å². The van der Waals surface area contributed by atoms with Gasteiger partial charge in [0.15, 0.2) is 5.78 Å². The summed E-state index contributed by atoms with van der Waals surface area (Å²) in [4.78, 5) is 34.4. The molecule has 0 aromatic carbocycles. The van der Waals surface area contributed by atoms with Crippen molar-refractivity contribution in [2.24, 2.45) is 5.92 Å². The Morgan fingerprint density at radius 2 is 1.68 bits per heavy atom. The van der Waals surface area contributed by atoms with Crippen LogP contribution < -0.4 is 10.6 Å². The molecule has 1 aromatic rings. The first kappa shape index (κ1) is 33.7. The number of aryl methyl sites for hydroxylation is 1. The third-order valence-electron chi connectivity index (χ3n) is 7.49. The maximum atomic E-state index is 13.2. The lowest BCUT2D eigenvalue weighted by atomic mass is 9.72. The van der Waals surface area contributed by atoms with Crippen LogP contribution in [-0.4, -0.2) is 39.2 Å². The zero-order valence-electron chi connectivity index (χ0n) is 24.3. The molecule has 1 aliphatic rings. The van der Waals surface area contributed by atoms with Crippen molar-refractivity contribution in [2.45, 2.75) is 111 Å². The lowest BCUT2D eigenvalue weighted by Gasteiger charge is -2.43. The zero-order valence-corrected chi connectivity index (χ0v) is 25.2. The van der Waals surface area contributed by atoms with Crippen LogP contribution in [0.5, 0.6) is 0 Å². The third-order valence-corrected chi connectivity index (χ3v) is 7.85. The summed E-state index contributed by atoms with van der Waals surface area (Å²) in [7, 11) is 0. The standard InChI is InChI=1S/C27H42N4O2.C2H4F2S/c1-8-19(5)27(14-12-11-13-15-27)31-26(33)20(6)18(4)16-24(21(7)32)30-25-22(9-2)23(10-3)28-17-29-25;1-5-2(3)4/h16-17,19H,8-15H2,1-7H3,(H,31,33)(H,28,29,30);2H,1H3/b20-18+,24-16+;. The van der Waals surface area contributed by atoms with E-state index in [4.69, 9.17) is 0 Å². The van der Waals surface area contributed by atoms with Crippen LogP contribution >= 0.6 is 11.8 Å². The van der Waals surface area contributed by atoms with Crippen molar-refractivity contribution in [1.82, 2.24) is 15.3 Å². The van der Waals surface area contributed by atoms with Gasteiger partial charge in [0.05, 0.1) is 5.70 Å². The fraction of sp³-hybridized carbons (Fsp3) is 0.655. The van der Waals surface area contributed by atoms with Crippen molar-refractivity contribution in [3.63, 3.8) is 0 Å². The van der Waals surface area contributed by atoms with Gasteiger partial charge in [-0.2, -0.15) is 8.78 Å². The molecule has 1 unspecified atom stereocenters. The Morgan fingerprint density at radius 3 is 2.16 bits per heavy atom. The van der Waals surface area contributed by atoms with E-state index in [0.717, 1.165) is 61.8 Å². The second-order valence-corrected chi connectivity index (χ2v) is 10.7. The topological polar surface area (TPSA) is 84.0 Å². The van der Waals surface area contributed by atoms with E-state index in [0.29, 0.717) is 34.8 Å². The average Bonchev–Trinajstić information content (AvgIpc) is 2.91. The quantitative estimate of drug-likeness (QED) is 0.222. The number of halogens is 2. The summed E-state index contributed by atoms with van der Waals surface area (Å²) in [6.07, 6.45) is 12.9. The predicted molar refractivity (Wildman–Crippen MR) is 154 cm³/mol. The molecule has 2 rings (SSSR count). The Balaban J connectivity index is 0.00000132. The summed E-state index contributed by atoms with van der Waals surface area (Å²) in [6, 6.07) is 0. The number of ketones is 1. The molecule has 1 fully saturated rings. The smallest absolute Gasteiger partial charge is 0.284 e. The van der Waals surface area contributed by atoms with Crippen molar-refractivity contribution < 1.29 is 18.4 Å². The fourth-order valence-corrected chi connectivity index (χ4v) is 4.72. The summed E-state index contributed by atoms with van der Waals surface area (Å²) < 4.78 is 21.5. The lowest BCUT2D eigenvalue weighted by Crippen LogP contribution is -2.54. The van der Waals surface area contributed by atoms with Gasteiger partial charge in [-0.1, -0.05) is 65.1 Å². The number of allylic oxidation sites excluding steroid dienone is 3. The molecule has 1 saturated carbocycles. The van der Waals surface area contributed by atoms with E-state index in [1.807, 2.05) is 13.8 Å². The molecule has 0 bridgehead atoms. The lowest BCUT2D eigenvalue weighted by molar-refractivity contribution is -0.120. The first-order chi connectivity index (χ1) is 18.0. The molecule has 0 radical (unpaired) electrons. The molecular formula is C29H46F2N4O2S. The van der Waals surface area contributed by atoms with Gasteiger partial charge in [0, 0.05) is 29.3 Å². The maximum absolute atomic E-state index is 13.2. The number of nitrogens with one attached hydrogen (secondary N) is 2. The number of Topliss-reactive ketones (excluding diaryl/α,β-unsaturated/α-hetero) is 1. The van der Waals surface area contributed by atoms with E-state index in [1.54, 1.807) is 6.08 Å². The Kier molecular flexibility index (Phi) is 14.8. The molecule has 214 valence electrons. The highest BCUT2D eigenvalue weighted by atomic mass is 32.2. The van der Waals surface area contributed by atoms with Gasteiger partial charge in [-0.3, -0.25) is 9.59 Å². The molecule has 1 atom stereocenters. The van der Waals surface area contributed by atoms with Crippen molar-refractivity contribution in [1.29, 1.82) is 0 Å². The third kappa shape index (κ3) is 9.79. The molecule has 0 aliphatic heterocycles. The number of anilines is 1. The van der Waals surface area contributed by atoms with Crippen LogP contribution in [0.2, 0.25) is 0 Å². The Morgan fingerprint density at radius 1 is 1.08 bits per heavy atom. The number of hydrogen-bond donors (Lipinski definition) is 2. The Bertz CT molecular complexity index is 989. The fourth-order valence-electron chi connectivity index (χ4n) is 4.72. The van der Waals surface area contributed by atoms with Gasteiger partial charge in [-0.15, -0.1) is 0 Å². The number of thioether (sulfide) groups is 1. The minimum atomic E-state index is -2.20. The molecule has 1 amide bonds. The summed E-state index contributed by atoms with van der Waals surface area (Å²) in [5.41, 5.74) is 3.67. The number of carbonyl (C=O) groups excluding carboxylic acids is 2. The van der Waals surface area contributed by atoms with E-state index >= 15 is 0 Å². The van der Waals surface area contributed by atoms with Crippen LogP contribution in [0.25, 0.3) is 0 Å². The van der Waals surface area contributed by atoms with Crippen LogP contribution in [0.1, 0.15) is 98.2 Å². The van der Waals surface area contributed by atoms with Gasteiger partial charge in [0.2, 0.25) is 5.91 Å². The van der Waals surface area contributed by atoms with Crippen LogP contribution in [0.15, 0.2) is 29.2 Å².